The lowest BCUT2D eigenvalue weighted by Gasteiger charge is -2.09. The third-order valence-corrected chi connectivity index (χ3v) is 2.91. The smallest absolute Gasteiger partial charge is 0.279 e. The fraction of sp³-hybridized carbons (Fsp3) is 0.214. The average molecular weight is 289 g/mol. The number of benzene rings is 1. The van der Waals surface area contributed by atoms with Crippen LogP contribution in [0.25, 0.3) is 10.9 Å². The molecule has 1 aromatic carbocycles. The van der Waals surface area contributed by atoms with Crippen LogP contribution < -0.4 is 16.4 Å². The summed E-state index contributed by atoms with van der Waals surface area (Å²) in [6.07, 6.45) is 0.879. The van der Waals surface area contributed by atoms with Crippen LogP contribution >= 0.6 is 0 Å². The number of aromatic amines is 1. The molecule has 1 aromatic heterocycles. The Bertz CT molecular complexity index is 751. The van der Waals surface area contributed by atoms with E-state index < -0.39 is 22.8 Å². The number of para-hydroxylation sites is 1. The maximum absolute atomic E-state index is 11.9. The zero-order valence-corrected chi connectivity index (χ0v) is 11.4. The van der Waals surface area contributed by atoms with E-state index in [1.54, 1.807) is 24.3 Å². The first kappa shape index (κ1) is 14.6. The third-order valence-electron chi connectivity index (χ3n) is 2.91. The van der Waals surface area contributed by atoms with Gasteiger partial charge in [-0.05, 0) is 18.6 Å². The van der Waals surface area contributed by atoms with Crippen molar-refractivity contribution >= 4 is 22.7 Å². The molecule has 7 heteroatoms. The molecule has 0 unspecified atom stereocenters. The fourth-order valence-corrected chi connectivity index (χ4v) is 1.91. The number of hydrogen-bond acceptors (Lipinski definition) is 4. The minimum atomic E-state index is -0.871. The molecule has 0 saturated heterocycles. The van der Waals surface area contributed by atoms with Crippen LogP contribution in [0.2, 0.25) is 0 Å². The van der Waals surface area contributed by atoms with Crippen LogP contribution in [0.4, 0.5) is 0 Å². The van der Waals surface area contributed by atoms with E-state index in [2.05, 4.69) is 15.8 Å². The van der Waals surface area contributed by atoms with Gasteiger partial charge in [-0.3, -0.25) is 25.2 Å². The van der Waals surface area contributed by atoms with E-state index in [0.717, 1.165) is 0 Å². The molecule has 0 aliphatic heterocycles. The summed E-state index contributed by atoms with van der Waals surface area (Å²) in [6, 6.07) is 6.56. The molecule has 0 saturated carbocycles. The van der Waals surface area contributed by atoms with Gasteiger partial charge in [-0.1, -0.05) is 19.1 Å². The van der Waals surface area contributed by atoms with Crippen molar-refractivity contribution < 1.29 is 14.7 Å². The van der Waals surface area contributed by atoms with Crippen LogP contribution in [0.5, 0.6) is 5.75 Å². The van der Waals surface area contributed by atoms with Crippen LogP contribution in [0, 0.1) is 0 Å². The molecule has 1 heterocycles. The number of H-pyrrole nitrogens is 1. The Labute approximate surface area is 120 Å². The Kier molecular flexibility index (Phi) is 4.22. The van der Waals surface area contributed by atoms with Gasteiger partial charge in [-0.2, -0.15) is 0 Å². The topological polar surface area (TPSA) is 111 Å². The van der Waals surface area contributed by atoms with E-state index >= 15 is 0 Å². The number of hydrogen-bond donors (Lipinski definition) is 4. The molecule has 4 N–H and O–H groups in total. The van der Waals surface area contributed by atoms with Crippen LogP contribution in [0.1, 0.15) is 30.1 Å². The summed E-state index contributed by atoms with van der Waals surface area (Å²) in [6.45, 7) is 1.82. The summed E-state index contributed by atoms with van der Waals surface area (Å²) in [5, 5.41) is 10.4. The van der Waals surface area contributed by atoms with Crippen molar-refractivity contribution in [3.05, 3.63) is 40.2 Å². The zero-order chi connectivity index (χ0) is 15.4. The number of aromatic hydroxyl groups is 1. The van der Waals surface area contributed by atoms with E-state index in [9.17, 15) is 19.5 Å². The second-order valence-corrected chi connectivity index (χ2v) is 4.48. The van der Waals surface area contributed by atoms with Gasteiger partial charge in [-0.25, -0.2) is 0 Å². The Balaban J connectivity index is 2.31. The number of pyridine rings is 1. The van der Waals surface area contributed by atoms with Crippen molar-refractivity contribution in [2.24, 2.45) is 0 Å². The normalized spacial score (nSPS) is 10.3. The van der Waals surface area contributed by atoms with Gasteiger partial charge < -0.3 is 10.1 Å². The molecule has 2 rings (SSSR count). The van der Waals surface area contributed by atoms with Crippen molar-refractivity contribution in [2.75, 3.05) is 0 Å². The quantitative estimate of drug-likeness (QED) is 0.626. The van der Waals surface area contributed by atoms with Crippen molar-refractivity contribution in [3.8, 4) is 5.75 Å². The van der Waals surface area contributed by atoms with E-state index in [0.29, 0.717) is 17.3 Å². The van der Waals surface area contributed by atoms with Crippen molar-refractivity contribution in [2.45, 2.75) is 19.8 Å². The second-order valence-electron chi connectivity index (χ2n) is 4.48. The molecule has 0 spiro atoms. The predicted octanol–water partition coefficient (Wildman–Crippen LogP) is 0.795. The number of amides is 2. The summed E-state index contributed by atoms with van der Waals surface area (Å²) in [5.74, 6) is -1.66. The Morgan fingerprint density at radius 2 is 1.95 bits per heavy atom. The highest BCUT2D eigenvalue weighted by molar-refractivity contribution is 6.02. The standard InChI is InChI=1S/C14H15N3O4/c1-2-5-10(18)16-17-14(21)11-12(19)8-6-3-4-7-9(8)15-13(11)20/h3-4,6-7H,2,5H2,1H3,(H,16,18)(H,17,21)(H2,15,19,20). The number of hydrazine groups is 1. The molecule has 110 valence electrons. The molecular weight excluding hydrogens is 274 g/mol. The molecule has 0 bridgehead atoms. The number of fused-ring (bicyclic) bond motifs is 1. The molecule has 2 amide bonds. The summed E-state index contributed by atoms with van der Waals surface area (Å²) >= 11 is 0. The summed E-state index contributed by atoms with van der Waals surface area (Å²) in [4.78, 5) is 37.6. The van der Waals surface area contributed by atoms with Gasteiger partial charge in [0.05, 0.1) is 5.52 Å². The lowest BCUT2D eigenvalue weighted by atomic mass is 10.1. The summed E-state index contributed by atoms with van der Waals surface area (Å²) in [5.41, 5.74) is 3.55. The lowest BCUT2D eigenvalue weighted by Crippen LogP contribution is -2.43. The molecule has 0 radical (unpaired) electrons. The van der Waals surface area contributed by atoms with Gasteiger partial charge in [0.25, 0.3) is 11.5 Å². The van der Waals surface area contributed by atoms with E-state index in [1.807, 2.05) is 6.92 Å². The van der Waals surface area contributed by atoms with Crippen LogP contribution in [-0.2, 0) is 4.79 Å². The van der Waals surface area contributed by atoms with Gasteiger partial charge >= 0.3 is 0 Å². The minimum Gasteiger partial charge on any atom is -0.506 e. The van der Waals surface area contributed by atoms with Gasteiger partial charge in [0.15, 0.2) is 0 Å². The maximum atomic E-state index is 11.9. The number of carbonyl (C=O) groups is 2. The number of rotatable bonds is 3. The van der Waals surface area contributed by atoms with Gasteiger partial charge in [0.2, 0.25) is 5.91 Å². The van der Waals surface area contributed by atoms with E-state index in [1.165, 1.54) is 0 Å². The van der Waals surface area contributed by atoms with Gasteiger partial charge in [0, 0.05) is 11.8 Å². The van der Waals surface area contributed by atoms with Crippen LogP contribution in [-0.4, -0.2) is 21.9 Å². The predicted molar refractivity (Wildman–Crippen MR) is 76.8 cm³/mol. The first-order valence-electron chi connectivity index (χ1n) is 6.47. The van der Waals surface area contributed by atoms with E-state index in [-0.39, 0.29) is 12.3 Å². The number of aromatic nitrogens is 1. The first-order valence-corrected chi connectivity index (χ1v) is 6.47. The average Bonchev–Trinajstić information content (AvgIpc) is 2.45. The SMILES string of the molecule is CCCC(=O)NNC(=O)c1c(O)c2ccccc2[nH]c1=O. The van der Waals surface area contributed by atoms with E-state index in [4.69, 9.17) is 0 Å². The molecule has 0 fully saturated rings. The Hall–Kier alpha value is -2.83. The van der Waals surface area contributed by atoms with Crippen LogP contribution in [0.3, 0.4) is 0 Å². The first-order chi connectivity index (χ1) is 10.0. The molecule has 0 aliphatic carbocycles. The summed E-state index contributed by atoms with van der Waals surface area (Å²) in [7, 11) is 0. The Morgan fingerprint density at radius 1 is 1.24 bits per heavy atom. The highest BCUT2D eigenvalue weighted by Gasteiger charge is 2.19. The highest BCUT2D eigenvalue weighted by atomic mass is 16.3. The molecule has 0 atom stereocenters. The third kappa shape index (κ3) is 3.02. The monoisotopic (exact) mass is 289 g/mol. The van der Waals surface area contributed by atoms with Crippen molar-refractivity contribution in [1.82, 2.24) is 15.8 Å². The molecule has 21 heavy (non-hydrogen) atoms. The lowest BCUT2D eigenvalue weighted by molar-refractivity contribution is -0.121. The molecule has 2 aromatic rings. The number of nitrogens with one attached hydrogen (secondary N) is 3. The zero-order valence-electron chi connectivity index (χ0n) is 11.4. The van der Waals surface area contributed by atoms with Crippen molar-refractivity contribution in [3.63, 3.8) is 0 Å². The fourth-order valence-electron chi connectivity index (χ4n) is 1.91. The highest BCUT2D eigenvalue weighted by Crippen LogP contribution is 2.24. The molecular formula is C14H15N3O4. The minimum absolute atomic E-state index is 0.250. The molecule has 0 aliphatic rings. The summed E-state index contributed by atoms with van der Waals surface area (Å²) < 4.78 is 0. The molecule has 7 nitrogen and oxygen atoms in total. The second kappa shape index (κ2) is 6.08. The van der Waals surface area contributed by atoms with Crippen molar-refractivity contribution in [1.29, 1.82) is 0 Å². The van der Waals surface area contributed by atoms with Gasteiger partial charge in [0.1, 0.15) is 11.3 Å². The largest absolute Gasteiger partial charge is 0.506 e. The van der Waals surface area contributed by atoms with Crippen LogP contribution in [0.15, 0.2) is 29.1 Å². The number of carbonyl (C=O) groups excluding carboxylic acids is 2. The Morgan fingerprint density at radius 3 is 2.67 bits per heavy atom. The van der Waals surface area contributed by atoms with Gasteiger partial charge in [-0.15, -0.1) is 0 Å². The maximum Gasteiger partial charge on any atom is 0.279 e.